The first-order chi connectivity index (χ1) is 5.24. The Bertz CT molecular complexity index is 221. The summed E-state index contributed by atoms with van der Waals surface area (Å²) in [7, 11) is 2.10. The SMILES string of the molecule is CCC1C=CC=C(C)[N+](C)=C1. The van der Waals surface area contributed by atoms with Crippen LogP contribution in [0, 0.1) is 5.92 Å². The van der Waals surface area contributed by atoms with E-state index in [1.54, 1.807) is 0 Å². The van der Waals surface area contributed by atoms with Gasteiger partial charge in [-0.25, -0.2) is 4.58 Å². The maximum atomic E-state index is 2.26. The van der Waals surface area contributed by atoms with Gasteiger partial charge in [-0.2, -0.15) is 0 Å². The summed E-state index contributed by atoms with van der Waals surface area (Å²) >= 11 is 0. The fourth-order valence-corrected chi connectivity index (χ4v) is 1.15. The summed E-state index contributed by atoms with van der Waals surface area (Å²) in [5, 5.41) is 0. The first kappa shape index (κ1) is 8.25. The summed E-state index contributed by atoms with van der Waals surface area (Å²) in [5.74, 6) is 0.605. The van der Waals surface area contributed by atoms with Crippen molar-refractivity contribution < 1.29 is 4.58 Å². The molecule has 1 unspecified atom stereocenters. The highest BCUT2D eigenvalue weighted by Crippen LogP contribution is 2.07. The number of hydrogen-bond donors (Lipinski definition) is 0. The third-order valence-corrected chi connectivity index (χ3v) is 2.14. The molecule has 0 radical (unpaired) electrons. The van der Waals surface area contributed by atoms with Crippen molar-refractivity contribution in [2.75, 3.05) is 7.05 Å². The van der Waals surface area contributed by atoms with E-state index in [2.05, 4.69) is 49.9 Å². The molecule has 0 fully saturated rings. The molecule has 0 aromatic rings. The Morgan fingerprint density at radius 3 is 2.91 bits per heavy atom. The molecule has 0 N–H and O–H groups in total. The second-order valence-corrected chi connectivity index (χ2v) is 3.03. The molecule has 0 bridgehead atoms. The maximum Gasteiger partial charge on any atom is 0.177 e. The molecule has 1 heteroatoms. The van der Waals surface area contributed by atoms with Crippen molar-refractivity contribution >= 4 is 6.21 Å². The van der Waals surface area contributed by atoms with E-state index in [9.17, 15) is 0 Å². The normalized spacial score (nSPS) is 24.1. The van der Waals surface area contributed by atoms with E-state index >= 15 is 0 Å². The minimum atomic E-state index is 0.605. The lowest BCUT2D eigenvalue weighted by molar-refractivity contribution is -0.440. The summed E-state index contributed by atoms with van der Waals surface area (Å²) in [4.78, 5) is 0. The topological polar surface area (TPSA) is 3.01 Å². The fraction of sp³-hybridized carbons (Fsp3) is 0.500. The Labute approximate surface area is 68.7 Å². The largest absolute Gasteiger partial charge is 0.209 e. The summed E-state index contributed by atoms with van der Waals surface area (Å²) in [6.45, 7) is 4.33. The van der Waals surface area contributed by atoms with Gasteiger partial charge in [0.15, 0.2) is 11.9 Å². The van der Waals surface area contributed by atoms with Crippen LogP contribution in [-0.4, -0.2) is 17.8 Å². The van der Waals surface area contributed by atoms with Gasteiger partial charge in [0.2, 0.25) is 0 Å². The zero-order chi connectivity index (χ0) is 8.27. The second kappa shape index (κ2) is 3.51. The average molecular weight is 150 g/mol. The van der Waals surface area contributed by atoms with Crippen LogP contribution in [0.2, 0.25) is 0 Å². The third-order valence-electron chi connectivity index (χ3n) is 2.14. The summed E-state index contributed by atoms with van der Waals surface area (Å²) in [5.41, 5.74) is 1.30. The van der Waals surface area contributed by atoms with Crippen molar-refractivity contribution in [3.8, 4) is 0 Å². The molecule has 11 heavy (non-hydrogen) atoms. The quantitative estimate of drug-likeness (QED) is 0.504. The van der Waals surface area contributed by atoms with Gasteiger partial charge in [-0.05, 0) is 6.42 Å². The van der Waals surface area contributed by atoms with E-state index in [0.29, 0.717) is 5.92 Å². The molecule has 0 aromatic carbocycles. The predicted octanol–water partition coefficient (Wildman–Crippen LogP) is 2.20. The standard InChI is InChI=1S/C10H16N/c1-4-10-7-5-6-9(2)11(3)8-10/h5-8,10H,4H2,1-3H3/q+1. The van der Waals surface area contributed by atoms with Crippen LogP contribution in [0.25, 0.3) is 0 Å². The van der Waals surface area contributed by atoms with E-state index in [-0.39, 0.29) is 0 Å². The van der Waals surface area contributed by atoms with E-state index in [1.165, 1.54) is 12.1 Å². The molecule has 1 atom stereocenters. The molecule has 0 amide bonds. The molecule has 0 saturated carbocycles. The minimum Gasteiger partial charge on any atom is -0.209 e. The number of allylic oxidation sites excluding steroid dienone is 4. The Morgan fingerprint density at radius 2 is 2.27 bits per heavy atom. The molecule has 0 saturated heterocycles. The smallest absolute Gasteiger partial charge is 0.177 e. The molecular formula is C10H16N+. The van der Waals surface area contributed by atoms with Crippen LogP contribution in [0.15, 0.2) is 23.9 Å². The lowest BCUT2D eigenvalue weighted by Crippen LogP contribution is -2.08. The molecule has 1 rings (SSSR count). The highest BCUT2D eigenvalue weighted by Gasteiger charge is 2.08. The van der Waals surface area contributed by atoms with Gasteiger partial charge in [0.1, 0.15) is 7.05 Å². The minimum absolute atomic E-state index is 0.605. The van der Waals surface area contributed by atoms with Crippen LogP contribution in [0.3, 0.4) is 0 Å². The van der Waals surface area contributed by atoms with Gasteiger partial charge in [-0.1, -0.05) is 19.1 Å². The molecule has 1 aliphatic heterocycles. The zero-order valence-electron chi connectivity index (χ0n) is 7.54. The van der Waals surface area contributed by atoms with Crippen LogP contribution in [0.5, 0.6) is 0 Å². The van der Waals surface area contributed by atoms with Gasteiger partial charge in [0.05, 0.1) is 5.92 Å². The third kappa shape index (κ3) is 2.04. The lowest BCUT2D eigenvalue weighted by Gasteiger charge is -1.98. The lowest BCUT2D eigenvalue weighted by atomic mass is 10.1. The Hall–Kier alpha value is -0.850. The fourth-order valence-electron chi connectivity index (χ4n) is 1.15. The highest BCUT2D eigenvalue weighted by atomic mass is 15.0. The molecule has 0 spiro atoms. The molecule has 1 heterocycles. The van der Waals surface area contributed by atoms with Crippen LogP contribution < -0.4 is 0 Å². The first-order valence-corrected chi connectivity index (χ1v) is 4.17. The Morgan fingerprint density at radius 1 is 1.55 bits per heavy atom. The molecular weight excluding hydrogens is 134 g/mol. The van der Waals surface area contributed by atoms with E-state index in [0.717, 1.165) is 0 Å². The number of nitrogens with zero attached hydrogens (tertiary/aromatic N) is 1. The monoisotopic (exact) mass is 150 g/mol. The predicted molar refractivity (Wildman–Crippen MR) is 48.9 cm³/mol. The van der Waals surface area contributed by atoms with Gasteiger partial charge in [0.25, 0.3) is 0 Å². The van der Waals surface area contributed by atoms with Crippen LogP contribution >= 0.6 is 0 Å². The average Bonchev–Trinajstić information content (AvgIpc) is 2.15. The van der Waals surface area contributed by atoms with Crippen molar-refractivity contribution in [2.24, 2.45) is 5.92 Å². The molecule has 60 valence electrons. The van der Waals surface area contributed by atoms with Gasteiger partial charge < -0.3 is 0 Å². The molecule has 1 aliphatic rings. The number of hydrogen-bond acceptors (Lipinski definition) is 0. The van der Waals surface area contributed by atoms with Crippen molar-refractivity contribution in [3.63, 3.8) is 0 Å². The van der Waals surface area contributed by atoms with Gasteiger partial charge in [0, 0.05) is 13.0 Å². The maximum absolute atomic E-state index is 2.26. The van der Waals surface area contributed by atoms with Crippen LogP contribution in [0.4, 0.5) is 0 Å². The zero-order valence-corrected chi connectivity index (χ0v) is 7.54. The van der Waals surface area contributed by atoms with E-state index < -0.39 is 0 Å². The van der Waals surface area contributed by atoms with Crippen molar-refractivity contribution in [1.29, 1.82) is 0 Å². The van der Waals surface area contributed by atoms with Crippen molar-refractivity contribution in [3.05, 3.63) is 23.9 Å². The van der Waals surface area contributed by atoms with E-state index in [1.807, 2.05) is 0 Å². The summed E-state index contributed by atoms with van der Waals surface area (Å²) in [6.07, 6.45) is 9.97. The molecule has 1 nitrogen and oxygen atoms in total. The number of rotatable bonds is 1. The summed E-state index contributed by atoms with van der Waals surface area (Å²) < 4.78 is 2.19. The Kier molecular flexibility index (Phi) is 2.64. The first-order valence-electron chi connectivity index (χ1n) is 4.17. The van der Waals surface area contributed by atoms with Gasteiger partial charge in [-0.3, -0.25) is 0 Å². The molecule has 0 aliphatic carbocycles. The van der Waals surface area contributed by atoms with Crippen LogP contribution in [-0.2, 0) is 0 Å². The van der Waals surface area contributed by atoms with Crippen LogP contribution in [0.1, 0.15) is 20.3 Å². The van der Waals surface area contributed by atoms with Crippen molar-refractivity contribution in [2.45, 2.75) is 20.3 Å². The van der Waals surface area contributed by atoms with Gasteiger partial charge in [-0.15, -0.1) is 0 Å². The molecule has 0 aromatic heterocycles. The van der Waals surface area contributed by atoms with Gasteiger partial charge >= 0.3 is 0 Å². The van der Waals surface area contributed by atoms with E-state index in [4.69, 9.17) is 0 Å². The Balaban J connectivity index is 2.84. The second-order valence-electron chi connectivity index (χ2n) is 3.03. The van der Waals surface area contributed by atoms with Crippen molar-refractivity contribution in [1.82, 2.24) is 0 Å². The summed E-state index contributed by atoms with van der Waals surface area (Å²) in [6, 6.07) is 0. The highest BCUT2D eigenvalue weighted by molar-refractivity contribution is 5.59.